The summed E-state index contributed by atoms with van der Waals surface area (Å²) in [5.74, 6) is 0.581. The summed E-state index contributed by atoms with van der Waals surface area (Å²) < 4.78 is 32.9. The van der Waals surface area contributed by atoms with Crippen LogP contribution in [0.2, 0.25) is 5.02 Å². The lowest BCUT2D eigenvalue weighted by molar-refractivity contribution is -0.126. The van der Waals surface area contributed by atoms with Crippen LogP contribution in [0.15, 0.2) is 44.4 Å². The van der Waals surface area contributed by atoms with Crippen molar-refractivity contribution in [2.24, 2.45) is 5.92 Å². The van der Waals surface area contributed by atoms with Gasteiger partial charge in [0.25, 0.3) is 10.0 Å². The number of hydrogen-bond acceptors (Lipinski definition) is 7. The number of aromatic nitrogens is 2. The molecule has 0 radical (unpaired) electrons. The quantitative estimate of drug-likeness (QED) is 0.536. The number of thiophene rings is 1. The topological polar surface area (TPSA) is 105 Å². The highest BCUT2D eigenvalue weighted by Crippen LogP contribution is 2.31. The smallest absolute Gasteiger partial charge is 0.252 e. The molecule has 1 amide bonds. The monoisotopic (exact) mass is 494 g/mol. The normalized spacial score (nSPS) is 15.7. The van der Waals surface area contributed by atoms with Crippen LogP contribution in [-0.2, 0) is 27.8 Å². The first kappa shape index (κ1) is 22.9. The number of benzene rings is 1. The van der Waals surface area contributed by atoms with Gasteiger partial charge in [-0.1, -0.05) is 41.9 Å². The van der Waals surface area contributed by atoms with E-state index >= 15 is 0 Å². The summed E-state index contributed by atoms with van der Waals surface area (Å²) >= 11 is 7.27. The van der Waals surface area contributed by atoms with Crippen LogP contribution < -0.4 is 5.32 Å². The van der Waals surface area contributed by atoms with E-state index in [0.717, 1.165) is 16.9 Å². The SMILES string of the molecule is CCc1nc(-c2csc(S(=O)(=O)N3CCC(C(=O)NCc4ccccc4Cl)CC3)c2)no1. The van der Waals surface area contributed by atoms with Gasteiger partial charge in [-0.3, -0.25) is 4.79 Å². The number of amides is 1. The van der Waals surface area contributed by atoms with Crippen LogP contribution in [0.3, 0.4) is 0 Å². The third kappa shape index (κ3) is 4.88. The first-order valence-electron chi connectivity index (χ1n) is 10.3. The van der Waals surface area contributed by atoms with Crippen molar-refractivity contribution in [2.75, 3.05) is 13.1 Å². The van der Waals surface area contributed by atoms with Crippen molar-refractivity contribution in [3.8, 4) is 11.4 Å². The molecule has 2 aromatic heterocycles. The molecule has 1 aromatic carbocycles. The van der Waals surface area contributed by atoms with Crippen molar-refractivity contribution in [3.05, 3.63) is 52.2 Å². The number of piperidine rings is 1. The zero-order chi connectivity index (χ0) is 22.7. The molecular formula is C21H23ClN4O4S2. The molecule has 3 heterocycles. The number of aryl methyl sites for hydroxylation is 1. The molecule has 32 heavy (non-hydrogen) atoms. The van der Waals surface area contributed by atoms with Crippen molar-refractivity contribution >= 4 is 38.9 Å². The summed E-state index contributed by atoms with van der Waals surface area (Å²) in [6.07, 6.45) is 1.55. The number of hydrogen-bond donors (Lipinski definition) is 1. The summed E-state index contributed by atoms with van der Waals surface area (Å²) in [5, 5.41) is 9.13. The molecule has 0 spiro atoms. The molecule has 1 aliphatic rings. The van der Waals surface area contributed by atoms with Gasteiger partial charge in [-0.25, -0.2) is 8.42 Å². The Morgan fingerprint density at radius 1 is 1.31 bits per heavy atom. The molecule has 1 N–H and O–H groups in total. The van der Waals surface area contributed by atoms with E-state index < -0.39 is 10.0 Å². The summed E-state index contributed by atoms with van der Waals surface area (Å²) in [7, 11) is -3.64. The maximum absolute atomic E-state index is 13.1. The van der Waals surface area contributed by atoms with Crippen molar-refractivity contribution in [1.29, 1.82) is 0 Å². The van der Waals surface area contributed by atoms with Crippen LogP contribution in [0.5, 0.6) is 0 Å². The number of carbonyl (C=O) groups excluding carboxylic acids is 1. The van der Waals surface area contributed by atoms with Crippen molar-refractivity contribution in [2.45, 2.75) is 36.9 Å². The zero-order valence-electron chi connectivity index (χ0n) is 17.5. The fraction of sp³-hybridized carbons (Fsp3) is 0.381. The van der Waals surface area contributed by atoms with Crippen LogP contribution in [0, 0.1) is 5.92 Å². The molecule has 1 aliphatic heterocycles. The Balaban J connectivity index is 1.35. The van der Waals surface area contributed by atoms with Crippen molar-refractivity contribution < 1.29 is 17.7 Å². The second kappa shape index (κ2) is 9.70. The second-order valence-corrected chi connectivity index (χ2v) is 11.0. The summed E-state index contributed by atoms with van der Waals surface area (Å²) in [6, 6.07) is 8.93. The maximum Gasteiger partial charge on any atom is 0.252 e. The summed E-state index contributed by atoms with van der Waals surface area (Å²) in [4.78, 5) is 16.8. The average Bonchev–Trinajstić information content (AvgIpc) is 3.48. The highest BCUT2D eigenvalue weighted by molar-refractivity contribution is 7.91. The fourth-order valence-corrected chi connectivity index (χ4v) is 6.52. The molecule has 0 unspecified atom stereocenters. The van der Waals surface area contributed by atoms with Gasteiger partial charge in [-0.05, 0) is 30.5 Å². The highest BCUT2D eigenvalue weighted by atomic mass is 35.5. The number of sulfonamides is 1. The molecule has 1 saturated heterocycles. The predicted molar refractivity (Wildman–Crippen MR) is 122 cm³/mol. The first-order valence-corrected chi connectivity index (χ1v) is 13.0. The number of halogens is 1. The lowest BCUT2D eigenvalue weighted by atomic mass is 9.97. The van der Waals surface area contributed by atoms with Gasteiger partial charge in [0.15, 0.2) is 0 Å². The van der Waals surface area contributed by atoms with Gasteiger partial charge in [0.1, 0.15) is 4.21 Å². The third-order valence-corrected chi connectivity index (χ3v) is 9.12. The van der Waals surface area contributed by atoms with Crippen LogP contribution in [-0.4, -0.2) is 41.9 Å². The number of nitrogens with one attached hydrogen (secondary N) is 1. The van der Waals surface area contributed by atoms with E-state index in [0.29, 0.717) is 61.2 Å². The fourth-order valence-electron chi connectivity index (χ4n) is 3.54. The zero-order valence-corrected chi connectivity index (χ0v) is 19.8. The summed E-state index contributed by atoms with van der Waals surface area (Å²) in [5.41, 5.74) is 1.47. The van der Waals surface area contributed by atoms with Crippen LogP contribution >= 0.6 is 22.9 Å². The Morgan fingerprint density at radius 3 is 2.75 bits per heavy atom. The Kier molecular flexibility index (Phi) is 6.94. The Labute approximate surface area is 195 Å². The maximum atomic E-state index is 13.1. The summed E-state index contributed by atoms with van der Waals surface area (Å²) in [6.45, 7) is 2.84. The number of carbonyl (C=O) groups is 1. The van der Waals surface area contributed by atoms with E-state index in [2.05, 4.69) is 15.5 Å². The molecule has 0 bridgehead atoms. The minimum absolute atomic E-state index is 0.0794. The molecule has 11 heteroatoms. The van der Waals surface area contributed by atoms with E-state index in [1.165, 1.54) is 4.31 Å². The molecular weight excluding hydrogens is 472 g/mol. The molecule has 3 aromatic rings. The lowest BCUT2D eigenvalue weighted by Crippen LogP contribution is -2.42. The van der Waals surface area contributed by atoms with Crippen LogP contribution in [0.1, 0.15) is 31.2 Å². The van der Waals surface area contributed by atoms with Crippen molar-refractivity contribution in [1.82, 2.24) is 19.8 Å². The molecule has 4 rings (SSSR count). The van der Waals surface area contributed by atoms with E-state index in [-0.39, 0.29) is 16.0 Å². The van der Waals surface area contributed by atoms with Crippen molar-refractivity contribution in [3.63, 3.8) is 0 Å². The van der Waals surface area contributed by atoms with E-state index in [9.17, 15) is 13.2 Å². The molecule has 8 nitrogen and oxygen atoms in total. The Bertz CT molecular complexity index is 1200. The molecule has 0 aliphatic carbocycles. The molecule has 0 saturated carbocycles. The molecule has 170 valence electrons. The van der Waals surface area contributed by atoms with E-state index in [4.69, 9.17) is 16.1 Å². The Morgan fingerprint density at radius 2 is 2.06 bits per heavy atom. The lowest BCUT2D eigenvalue weighted by Gasteiger charge is -2.30. The molecule has 1 fully saturated rings. The van der Waals surface area contributed by atoms with Gasteiger partial charge in [-0.15, -0.1) is 11.3 Å². The molecule has 0 atom stereocenters. The van der Waals surface area contributed by atoms with Gasteiger partial charge < -0.3 is 9.84 Å². The van der Waals surface area contributed by atoms with Crippen LogP contribution in [0.25, 0.3) is 11.4 Å². The van der Waals surface area contributed by atoms with Crippen LogP contribution in [0.4, 0.5) is 0 Å². The van der Waals surface area contributed by atoms with Gasteiger partial charge in [0, 0.05) is 47.9 Å². The standard InChI is InChI=1S/C21H23ClN4O4S2/c1-2-18-24-20(25-30-18)16-11-19(31-13-16)32(28,29)26-9-7-14(8-10-26)21(27)23-12-15-5-3-4-6-17(15)22/h3-6,11,13-14H,2,7-10,12H2,1H3,(H,23,27). The average molecular weight is 495 g/mol. The third-order valence-electron chi connectivity index (χ3n) is 5.43. The van der Waals surface area contributed by atoms with Gasteiger partial charge in [0.05, 0.1) is 0 Å². The second-order valence-electron chi connectivity index (χ2n) is 7.51. The minimum atomic E-state index is -3.64. The number of rotatable bonds is 7. The van der Waals surface area contributed by atoms with Gasteiger partial charge in [0.2, 0.25) is 17.6 Å². The first-order chi connectivity index (χ1) is 15.4. The largest absolute Gasteiger partial charge is 0.352 e. The highest BCUT2D eigenvalue weighted by Gasteiger charge is 2.33. The van der Waals surface area contributed by atoms with Gasteiger partial charge >= 0.3 is 0 Å². The van der Waals surface area contributed by atoms with E-state index in [1.54, 1.807) is 17.5 Å². The number of nitrogens with zero attached hydrogens (tertiary/aromatic N) is 3. The Hall–Kier alpha value is -2.27. The van der Waals surface area contributed by atoms with E-state index in [1.807, 2.05) is 25.1 Å². The minimum Gasteiger partial charge on any atom is -0.352 e. The van der Waals surface area contributed by atoms with Gasteiger partial charge in [-0.2, -0.15) is 9.29 Å². The predicted octanol–water partition coefficient (Wildman–Crippen LogP) is 3.73.